The van der Waals surface area contributed by atoms with E-state index in [1.807, 2.05) is 32.0 Å². The third kappa shape index (κ3) is 6.08. The monoisotopic (exact) mass is 500 g/mol. The molecule has 1 aromatic carbocycles. The van der Waals surface area contributed by atoms with Gasteiger partial charge in [0.25, 0.3) is 5.91 Å². The molecular weight excluding hydrogens is 474 g/mol. The molecule has 2 aliphatic rings. The number of carbonyl (C=O) groups is 1. The van der Waals surface area contributed by atoms with Crippen molar-refractivity contribution in [3.63, 3.8) is 0 Å². The third-order valence-electron chi connectivity index (χ3n) is 4.71. The van der Waals surface area contributed by atoms with Gasteiger partial charge in [-0.3, -0.25) is 4.79 Å². The van der Waals surface area contributed by atoms with E-state index in [9.17, 15) is 9.18 Å². The molecule has 6 nitrogen and oxygen atoms in total. The maximum Gasteiger partial charge on any atom is 0.270 e. The van der Waals surface area contributed by atoms with Gasteiger partial charge in [-0.05, 0) is 78.5 Å². The molecule has 1 fully saturated rings. The molecule has 0 bridgehead atoms. The zero-order chi connectivity index (χ0) is 20.1. The summed E-state index contributed by atoms with van der Waals surface area (Å²) in [4.78, 5) is 17.0. The molecule has 0 radical (unpaired) electrons. The van der Waals surface area contributed by atoms with Crippen LogP contribution in [0, 0.1) is 12.8 Å². The topological polar surface area (TPSA) is 74.8 Å². The molecule has 1 heterocycles. The van der Waals surface area contributed by atoms with E-state index in [2.05, 4.69) is 20.9 Å². The minimum absolute atomic E-state index is 0.00315. The maximum atomic E-state index is 13.1. The summed E-state index contributed by atoms with van der Waals surface area (Å²) in [5, 5.41) is 9.38. The van der Waals surface area contributed by atoms with Crippen molar-refractivity contribution in [3.05, 3.63) is 41.1 Å². The minimum Gasteiger partial charge on any atom is -0.489 e. The highest BCUT2D eigenvalue weighted by molar-refractivity contribution is 14.1. The van der Waals surface area contributed by atoms with Crippen molar-refractivity contribution in [2.45, 2.75) is 36.9 Å². The number of hydrogen-bond acceptors (Lipinski definition) is 5. The second-order valence-electron chi connectivity index (χ2n) is 7.18. The summed E-state index contributed by atoms with van der Waals surface area (Å²) in [6.45, 7) is 5.27. The second-order valence-corrected chi connectivity index (χ2v) is 8.53. The van der Waals surface area contributed by atoms with Crippen LogP contribution < -0.4 is 20.7 Å². The molecule has 28 heavy (non-hydrogen) atoms. The van der Waals surface area contributed by atoms with E-state index in [0.29, 0.717) is 24.0 Å². The molecule has 1 saturated carbocycles. The van der Waals surface area contributed by atoms with E-state index in [1.54, 1.807) is 28.7 Å². The molecule has 1 aliphatic carbocycles. The molecule has 1 aromatic rings. The van der Waals surface area contributed by atoms with Crippen molar-refractivity contribution >= 4 is 34.5 Å². The summed E-state index contributed by atoms with van der Waals surface area (Å²) in [6, 6.07) is 5.47. The first-order valence-corrected chi connectivity index (χ1v) is 10.8. The Hall–Kier alpha value is -1.84. The fourth-order valence-electron chi connectivity index (χ4n) is 2.81. The molecular formula is C20H26FIN4O2. The number of carbonyl (C=O) groups excluding carboxylic acids is 1. The van der Waals surface area contributed by atoms with Crippen LogP contribution in [0.5, 0.6) is 5.75 Å². The van der Waals surface area contributed by atoms with Gasteiger partial charge in [0, 0.05) is 13.1 Å². The number of aliphatic imine (C=N–C) groups is 1. The Morgan fingerprint density at radius 2 is 2.25 bits per heavy atom. The van der Waals surface area contributed by atoms with Crippen LogP contribution in [0.2, 0.25) is 0 Å². The highest BCUT2D eigenvalue weighted by Gasteiger charge is 2.22. The predicted molar refractivity (Wildman–Crippen MR) is 116 cm³/mol. The van der Waals surface area contributed by atoms with Crippen molar-refractivity contribution in [2.24, 2.45) is 10.9 Å². The number of nitrogens with zero attached hydrogens (tertiary/aromatic N) is 1. The SMILES string of the molecule is Cc1ccc(C(C)NC(=O)C2=CCNC(NCC3CC3)=N2)cc1OCC(F)I. The van der Waals surface area contributed by atoms with Crippen LogP contribution in [-0.4, -0.2) is 35.7 Å². The standard InChI is InChI=1S/C20H26FIN4O2/c1-12-3-6-15(9-17(12)28-11-18(21)22)13(2)25-19(27)16-7-8-23-20(26-16)24-10-14-4-5-14/h3,6-7,9,13-14,18H,4-5,8,10-11H2,1-2H3,(H,25,27)(H2,23,24,26). The number of nitrogens with one attached hydrogen (secondary N) is 3. The highest BCUT2D eigenvalue weighted by atomic mass is 127. The number of halogens is 2. The van der Waals surface area contributed by atoms with E-state index >= 15 is 0 Å². The van der Waals surface area contributed by atoms with Gasteiger partial charge in [-0.1, -0.05) is 12.1 Å². The van der Waals surface area contributed by atoms with Gasteiger partial charge in [-0.25, -0.2) is 9.38 Å². The van der Waals surface area contributed by atoms with Crippen molar-refractivity contribution in [2.75, 3.05) is 19.7 Å². The van der Waals surface area contributed by atoms with Gasteiger partial charge in [0.15, 0.2) is 10.1 Å². The average Bonchev–Trinajstić information content (AvgIpc) is 3.50. The first-order valence-electron chi connectivity index (χ1n) is 9.51. The number of benzene rings is 1. The number of hydrogen-bond donors (Lipinski definition) is 3. The van der Waals surface area contributed by atoms with Crippen LogP contribution >= 0.6 is 22.6 Å². The van der Waals surface area contributed by atoms with Crippen molar-refractivity contribution < 1.29 is 13.9 Å². The van der Waals surface area contributed by atoms with Gasteiger partial charge in [-0.15, -0.1) is 0 Å². The Labute approximate surface area is 178 Å². The van der Waals surface area contributed by atoms with Crippen LogP contribution in [-0.2, 0) is 4.79 Å². The van der Waals surface area contributed by atoms with E-state index in [4.69, 9.17) is 4.74 Å². The number of aryl methyl sites for hydroxylation is 1. The van der Waals surface area contributed by atoms with Gasteiger partial charge < -0.3 is 20.7 Å². The molecule has 1 amide bonds. The zero-order valence-corrected chi connectivity index (χ0v) is 18.3. The first kappa shape index (κ1) is 20.9. The smallest absolute Gasteiger partial charge is 0.270 e. The molecule has 0 saturated heterocycles. The Bertz CT molecular complexity index is 777. The lowest BCUT2D eigenvalue weighted by Gasteiger charge is -2.19. The Balaban J connectivity index is 1.60. The lowest BCUT2D eigenvalue weighted by Crippen LogP contribution is -2.41. The number of alkyl halides is 2. The van der Waals surface area contributed by atoms with E-state index < -0.39 is 4.18 Å². The van der Waals surface area contributed by atoms with Gasteiger partial charge in [-0.2, -0.15) is 0 Å². The summed E-state index contributed by atoms with van der Waals surface area (Å²) in [7, 11) is 0. The van der Waals surface area contributed by atoms with Crippen molar-refractivity contribution in [1.29, 1.82) is 0 Å². The lowest BCUT2D eigenvalue weighted by atomic mass is 10.1. The number of ether oxygens (including phenoxy) is 1. The summed E-state index contributed by atoms with van der Waals surface area (Å²) >= 11 is 1.68. The lowest BCUT2D eigenvalue weighted by molar-refractivity contribution is -0.118. The molecule has 2 unspecified atom stereocenters. The minimum atomic E-state index is -1.06. The summed E-state index contributed by atoms with van der Waals surface area (Å²) < 4.78 is 17.5. The Morgan fingerprint density at radius 3 is 2.96 bits per heavy atom. The zero-order valence-electron chi connectivity index (χ0n) is 16.1. The maximum absolute atomic E-state index is 13.1. The Kier molecular flexibility index (Phi) is 7.14. The first-order chi connectivity index (χ1) is 13.4. The second kappa shape index (κ2) is 9.58. The summed E-state index contributed by atoms with van der Waals surface area (Å²) in [5.41, 5.74) is 2.22. The molecule has 152 valence electrons. The van der Waals surface area contributed by atoms with Crippen LogP contribution in [0.15, 0.2) is 35.0 Å². The van der Waals surface area contributed by atoms with Gasteiger partial charge >= 0.3 is 0 Å². The molecule has 0 aromatic heterocycles. The number of rotatable bonds is 8. The highest BCUT2D eigenvalue weighted by Crippen LogP contribution is 2.27. The molecule has 3 N–H and O–H groups in total. The predicted octanol–water partition coefficient (Wildman–Crippen LogP) is 3.12. The fraction of sp³-hybridized carbons (Fsp3) is 0.500. The molecule has 1 aliphatic heterocycles. The summed E-state index contributed by atoms with van der Waals surface area (Å²) in [5.74, 6) is 1.78. The van der Waals surface area contributed by atoms with Crippen LogP contribution in [0.3, 0.4) is 0 Å². The van der Waals surface area contributed by atoms with E-state index in [0.717, 1.165) is 23.6 Å². The van der Waals surface area contributed by atoms with Crippen LogP contribution in [0.1, 0.15) is 36.9 Å². The largest absolute Gasteiger partial charge is 0.489 e. The molecule has 8 heteroatoms. The van der Waals surface area contributed by atoms with Crippen LogP contribution in [0.4, 0.5) is 4.39 Å². The van der Waals surface area contributed by atoms with E-state index in [1.165, 1.54) is 12.8 Å². The van der Waals surface area contributed by atoms with Gasteiger partial charge in [0.1, 0.15) is 18.1 Å². The van der Waals surface area contributed by atoms with E-state index in [-0.39, 0.29) is 18.6 Å². The van der Waals surface area contributed by atoms with Crippen molar-refractivity contribution in [3.8, 4) is 5.75 Å². The van der Waals surface area contributed by atoms with Gasteiger partial charge in [0.2, 0.25) is 0 Å². The van der Waals surface area contributed by atoms with Crippen LogP contribution in [0.25, 0.3) is 0 Å². The fourth-order valence-corrected chi connectivity index (χ4v) is 2.99. The quantitative estimate of drug-likeness (QED) is 0.379. The molecule has 2 atom stereocenters. The number of guanidine groups is 1. The molecule has 0 spiro atoms. The molecule has 3 rings (SSSR count). The normalized spacial score (nSPS) is 18.3. The van der Waals surface area contributed by atoms with Gasteiger partial charge in [0.05, 0.1) is 6.04 Å². The average molecular weight is 500 g/mol. The van der Waals surface area contributed by atoms with Crippen molar-refractivity contribution in [1.82, 2.24) is 16.0 Å². The summed E-state index contributed by atoms with van der Waals surface area (Å²) in [6.07, 6.45) is 4.29. The number of amides is 1. The third-order valence-corrected chi connectivity index (χ3v) is 5.07. The Morgan fingerprint density at radius 1 is 1.46 bits per heavy atom.